The molecule has 3 heteroatoms. The van der Waals surface area contributed by atoms with Gasteiger partial charge in [0.2, 0.25) is 0 Å². The van der Waals surface area contributed by atoms with Crippen molar-refractivity contribution in [2.75, 3.05) is 7.11 Å². The number of aromatic hydroxyl groups is 1. The van der Waals surface area contributed by atoms with Gasteiger partial charge in [-0.2, -0.15) is 0 Å². The monoisotopic (exact) mass is 324 g/mol. The van der Waals surface area contributed by atoms with Crippen LogP contribution >= 0.6 is 0 Å². The smallest absolute Gasteiger partial charge is 0.154 e. The van der Waals surface area contributed by atoms with Gasteiger partial charge >= 0.3 is 0 Å². The van der Waals surface area contributed by atoms with Gasteiger partial charge in [0, 0.05) is 5.56 Å². The van der Waals surface area contributed by atoms with Crippen LogP contribution in [-0.4, -0.2) is 18.5 Å². The molecule has 0 fully saturated rings. The first-order valence-electron chi connectivity index (χ1n) is 8.11. The highest BCUT2D eigenvalue weighted by Crippen LogP contribution is 2.35. The summed E-state index contributed by atoms with van der Waals surface area (Å²) in [6.45, 7) is 4.00. The number of allylic oxidation sites excluding steroid dienone is 2. The third kappa shape index (κ3) is 4.25. The number of carbonyl (C=O) groups excluding carboxylic acids is 1. The van der Waals surface area contributed by atoms with Crippen LogP contribution in [0.25, 0.3) is 0 Å². The molecule has 24 heavy (non-hydrogen) atoms. The molecule has 0 radical (unpaired) electrons. The van der Waals surface area contributed by atoms with Gasteiger partial charge in [0.15, 0.2) is 6.29 Å². The topological polar surface area (TPSA) is 46.5 Å². The van der Waals surface area contributed by atoms with Crippen LogP contribution in [0.4, 0.5) is 0 Å². The van der Waals surface area contributed by atoms with Crippen LogP contribution in [0.1, 0.15) is 40.9 Å². The van der Waals surface area contributed by atoms with E-state index >= 15 is 0 Å². The molecule has 0 unspecified atom stereocenters. The Balaban J connectivity index is 2.36. The lowest BCUT2D eigenvalue weighted by atomic mass is 9.95. The fourth-order valence-electron chi connectivity index (χ4n) is 2.70. The van der Waals surface area contributed by atoms with Crippen molar-refractivity contribution in [3.05, 3.63) is 70.3 Å². The molecule has 126 valence electrons. The number of hydrogen-bond donors (Lipinski definition) is 1. The highest BCUT2D eigenvalue weighted by Gasteiger charge is 2.17. The quantitative estimate of drug-likeness (QED) is 0.602. The molecular formula is C21H24O3. The fraction of sp³-hybridized carbons (Fsp3) is 0.286. The summed E-state index contributed by atoms with van der Waals surface area (Å²) in [6, 6.07) is 12.0. The van der Waals surface area contributed by atoms with E-state index in [1.807, 2.05) is 44.2 Å². The third-order valence-corrected chi connectivity index (χ3v) is 4.07. The number of rotatable bonds is 7. The molecule has 2 aromatic rings. The number of aryl methyl sites for hydroxylation is 2. The minimum absolute atomic E-state index is 0.0323. The Morgan fingerprint density at radius 3 is 2.46 bits per heavy atom. The number of phenolic OH excluding ortho intramolecular Hbond substituents is 1. The summed E-state index contributed by atoms with van der Waals surface area (Å²) in [4.78, 5) is 11.5. The van der Waals surface area contributed by atoms with Gasteiger partial charge in [-0.25, -0.2) is 0 Å². The molecular weight excluding hydrogens is 300 g/mol. The molecule has 1 N–H and O–H groups in total. The molecule has 0 heterocycles. The normalized spacial score (nSPS) is 10.3. The van der Waals surface area contributed by atoms with Crippen LogP contribution in [0.15, 0.2) is 48.0 Å². The summed E-state index contributed by atoms with van der Waals surface area (Å²) in [6.07, 6.45) is 4.76. The molecule has 2 aromatic carbocycles. The summed E-state index contributed by atoms with van der Waals surface area (Å²) >= 11 is 0. The van der Waals surface area contributed by atoms with Gasteiger partial charge in [0.25, 0.3) is 0 Å². The van der Waals surface area contributed by atoms with E-state index < -0.39 is 0 Å². The maximum atomic E-state index is 11.5. The number of methoxy groups -OCH3 is 1. The highest BCUT2D eigenvalue weighted by atomic mass is 16.5. The van der Waals surface area contributed by atoms with Gasteiger partial charge in [-0.15, -0.1) is 0 Å². The zero-order chi connectivity index (χ0) is 17.5. The molecule has 0 aliphatic heterocycles. The lowest BCUT2D eigenvalue weighted by Gasteiger charge is -2.15. The van der Waals surface area contributed by atoms with Crippen molar-refractivity contribution in [2.45, 2.75) is 33.1 Å². The van der Waals surface area contributed by atoms with Crippen molar-refractivity contribution < 1.29 is 14.6 Å². The minimum Gasteiger partial charge on any atom is -0.507 e. The van der Waals surface area contributed by atoms with Crippen LogP contribution in [-0.2, 0) is 19.3 Å². The van der Waals surface area contributed by atoms with E-state index in [0.29, 0.717) is 29.7 Å². The predicted octanol–water partition coefficient (Wildman–Crippen LogP) is 4.51. The Labute approximate surface area is 143 Å². The van der Waals surface area contributed by atoms with E-state index in [9.17, 15) is 9.90 Å². The molecule has 0 saturated carbocycles. The first-order valence-corrected chi connectivity index (χ1v) is 8.11. The van der Waals surface area contributed by atoms with Crippen LogP contribution < -0.4 is 4.74 Å². The number of hydrogen-bond acceptors (Lipinski definition) is 3. The molecule has 0 aliphatic carbocycles. The molecule has 0 atom stereocenters. The first kappa shape index (κ1) is 17.8. The Morgan fingerprint density at radius 2 is 1.88 bits per heavy atom. The van der Waals surface area contributed by atoms with Crippen molar-refractivity contribution in [2.24, 2.45) is 0 Å². The van der Waals surface area contributed by atoms with Crippen LogP contribution in [0.3, 0.4) is 0 Å². The average molecular weight is 324 g/mol. The number of carbonyl (C=O) groups is 1. The van der Waals surface area contributed by atoms with E-state index in [1.165, 1.54) is 5.56 Å². The van der Waals surface area contributed by atoms with Crippen molar-refractivity contribution >= 4 is 6.29 Å². The van der Waals surface area contributed by atoms with Crippen molar-refractivity contribution in [1.29, 1.82) is 0 Å². The fourth-order valence-corrected chi connectivity index (χ4v) is 2.70. The van der Waals surface area contributed by atoms with Gasteiger partial charge in [0.1, 0.15) is 11.5 Å². The number of aldehydes is 1. The lowest BCUT2D eigenvalue weighted by molar-refractivity contribution is 0.112. The maximum absolute atomic E-state index is 11.5. The maximum Gasteiger partial charge on any atom is 0.154 e. The molecule has 0 saturated heterocycles. The molecule has 3 nitrogen and oxygen atoms in total. The summed E-state index contributed by atoms with van der Waals surface area (Å²) in [5.74, 6) is 0.656. The zero-order valence-electron chi connectivity index (χ0n) is 14.5. The van der Waals surface area contributed by atoms with E-state index in [2.05, 4.69) is 12.1 Å². The largest absolute Gasteiger partial charge is 0.507 e. The summed E-state index contributed by atoms with van der Waals surface area (Å²) in [5, 5.41) is 10.6. The van der Waals surface area contributed by atoms with Gasteiger partial charge in [0.05, 0.1) is 12.7 Å². The van der Waals surface area contributed by atoms with Crippen molar-refractivity contribution in [3.63, 3.8) is 0 Å². The van der Waals surface area contributed by atoms with E-state index in [0.717, 1.165) is 23.8 Å². The summed E-state index contributed by atoms with van der Waals surface area (Å²) in [5.41, 5.74) is 4.18. The minimum atomic E-state index is 0.0323. The Morgan fingerprint density at radius 1 is 1.17 bits per heavy atom. The Bertz CT molecular complexity index is 726. The van der Waals surface area contributed by atoms with Crippen LogP contribution in [0.2, 0.25) is 0 Å². The standard InChI is InChI=1S/C21H24O3/c1-15(2)9-12-18-20(24-3)13-17(19(14-22)21(18)23)11-10-16-7-5-4-6-8-16/h4-9,13-14,23H,10-12H2,1-3H3. The molecule has 0 aliphatic rings. The van der Waals surface area contributed by atoms with Gasteiger partial charge in [-0.05, 0) is 50.3 Å². The van der Waals surface area contributed by atoms with Gasteiger partial charge < -0.3 is 9.84 Å². The van der Waals surface area contributed by atoms with Crippen LogP contribution in [0, 0.1) is 0 Å². The van der Waals surface area contributed by atoms with Crippen molar-refractivity contribution in [1.82, 2.24) is 0 Å². The predicted molar refractivity (Wildman–Crippen MR) is 97.0 cm³/mol. The zero-order valence-corrected chi connectivity index (χ0v) is 14.5. The van der Waals surface area contributed by atoms with Gasteiger partial charge in [-0.3, -0.25) is 4.79 Å². The second-order valence-electron chi connectivity index (χ2n) is 6.07. The van der Waals surface area contributed by atoms with Crippen molar-refractivity contribution in [3.8, 4) is 11.5 Å². The lowest BCUT2D eigenvalue weighted by Crippen LogP contribution is -2.02. The summed E-state index contributed by atoms with van der Waals surface area (Å²) < 4.78 is 5.45. The molecule has 0 amide bonds. The van der Waals surface area contributed by atoms with Crippen LogP contribution in [0.5, 0.6) is 11.5 Å². The van der Waals surface area contributed by atoms with E-state index in [1.54, 1.807) is 7.11 Å². The number of benzene rings is 2. The molecule has 2 rings (SSSR count). The third-order valence-electron chi connectivity index (χ3n) is 4.07. The highest BCUT2D eigenvalue weighted by molar-refractivity contribution is 5.83. The first-order chi connectivity index (χ1) is 11.6. The Kier molecular flexibility index (Phi) is 6.19. The molecule has 0 aromatic heterocycles. The Hall–Kier alpha value is -2.55. The van der Waals surface area contributed by atoms with E-state index in [-0.39, 0.29) is 5.75 Å². The second-order valence-corrected chi connectivity index (χ2v) is 6.07. The molecule has 0 bridgehead atoms. The number of phenols is 1. The number of ether oxygens (including phenoxy) is 1. The van der Waals surface area contributed by atoms with Gasteiger partial charge in [-0.1, -0.05) is 42.0 Å². The van der Waals surface area contributed by atoms with E-state index in [4.69, 9.17) is 4.74 Å². The summed E-state index contributed by atoms with van der Waals surface area (Å²) in [7, 11) is 1.59. The SMILES string of the molecule is COc1cc(CCc2ccccc2)c(C=O)c(O)c1CC=C(C)C. The molecule has 0 spiro atoms. The average Bonchev–Trinajstić information content (AvgIpc) is 2.59. The second kappa shape index (κ2) is 8.34.